The van der Waals surface area contributed by atoms with Gasteiger partial charge in [-0.1, -0.05) is 42.5 Å². The Morgan fingerprint density at radius 2 is 1.92 bits per heavy atom. The van der Waals surface area contributed by atoms with Crippen LogP contribution in [0.4, 0.5) is 4.39 Å². The Kier molecular flexibility index (Phi) is 6.36. The molecule has 0 spiro atoms. The molecule has 1 fully saturated rings. The number of nitrogens with one attached hydrogen (secondary N) is 1. The van der Waals surface area contributed by atoms with Crippen LogP contribution < -0.4 is 5.32 Å². The van der Waals surface area contributed by atoms with Crippen LogP contribution in [0.25, 0.3) is 11.1 Å². The van der Waals surface area contributed by atoms with Crippen LogP contribution in [0.5, 0.6) is 0 Å². The van der Waals surface area contributed by atoms with Gasteiger partial charge in [0.1, 0.15) is 5.82 Å². The standard InChI is InChI=1S/C21H25FN2O2/c1-16(21(25)23-9-10-24-11-13-26-14-12-24)18-7-8-19(20(22)15-18)17-5-3-2-4-6-17/h2-8,15-16H,9-14H2,1H3,(H,23,25)/t16-/m0/s1. The summed E-state index contributed by atoms with van der Waals surface area (Å²) in [6.07, 6.45) is 0. The second-order valence-corrected chi connectivity index (χ2v) is 6.57. The van der Waals surface area contributed by atoms with Crippen LogP contribution in [-0.4, -0.2) is 50.2 Å². The van der Waals surface area contributed by atoms with E-state index >= 15 is 0 Å². The van der Waals surface area contributed by atoms with Gasteiger partial charge in [-0.3, -0.25) is 9.69 Å². The van der Waals surface area contributed by atoms with E-state index in [1.807, 2.05) is 36.4 Å². The van der Waals surface area contributed by atoms with Crippen molar-refractivity contribution in [3.05, 3.63) is 59.9 Å². The normalized spacial score (nSPS) is 16.2. The molecule has 1 heterocycles. The molecule has 2 aromatic rings. The minimum Gasteiger partial charge on any atom is -0.379 e. The van der Waals surface area contributed by atoms with Crippen molar-refractivity contribution in [2.45, 2.75) is 12.8 Å². The summed E-state index contributed by atoms with van der Waals surface area (Å²) in [5, 5.41) is 2.95. The molecular formula is C21H25FN2O2. The summed E-state index contributed by atoms with van der Waals surface area (Å²) >= 11 is 0. The zero-order valence-electron chi connectivity index (χ0n) is 15.1. The van der Waals surface area contributed by atoms with Gasteiger partial charge in [-0.05, 0) is 24.1 Å². The molecule has 1 amide bonds. The lowest BCUT2D eigenvalue weighted by Crippen LogP contribution is -2.42. The number of rotatable bonds is 6. The first-order chi connectivity index (χ1) is 12.6. The van der Waals surface area contributed by atoms with Crippen molar-refractivity contribution in [3.8, 4) is 11.1 Å². The van der Waals surface area contributed by atoms with Gasteiger partial charge in [-0.2, -0.15) is 0 Å². The van der Waals surface area contributed by atoms with E-state index in [4.69, 9.17) is 4.74 Å². The highest BCUT2D eigenvalue weighted by atomic mass is 19.1. The molecule has 1 atom stereocenters. The summed E-state index contributed by atoms with van der Waals surface area (Å²) in [4.78, 5) is 14.6. The fraction of sp³-hybridized carbons (Fsp3) is 0.381. The molecule has 2 aromatic carbocycles. The van der Waals surface area contributed by atoms with E-state index in [1.165, 1.54) is 6.07 Å². The third-order valence-electron chi connectivity index (χ3n) is 4.80. The summed E-state index contributed by atoms with van der Waals surface area (Å²) in [7, 11) is 0. The topological polar surface area (TPSA) is 41.6 Å². The summed E-state index contributed by atoms with van der Waals surface area (Å²) < 4.78 is 19.8. The van der Waals surface area contributed by atoms with Crippen LogP contribution in [0, 0.1) is 5.82 Å². The number of halogens is 1. The van der Waals surface area contributed by atoms with E-state index in [1.54, 1.807) is 13.0 Å². The van der Waals surface area contributed by atoms with E-state index in [-0.39, 0.29) is 17.6 Å². The molecular weight excluding hydrogens is 331 g/mol. The van der Waals surface area contributed by atoms with Crippen LogP contribution >= 0.6 is 0 Å². The third-order valence-corrected chi connectivity index (χ3v) is 4.80. The Labute approximate surface area is 154 Å². The first kappa shape index (κ1) is 18.5. The Hall–Kier alpha value is -2.24. The van der Waals surface area contributed by atoms with Gasteiger partial charge in [0.15, 0.2) is 0 Å². The fourth-order valence-corrected chi connectivity index (χ4v) is 3.12. The SMILES string of the molecule is C[C@H](C(=O)NCCN1CCOCC1)c1ccc(-c2ccccc2)c(F)c1. The largest absolute Gasteiger partial charge is 0.379 e. The van der Waals surface area contributed by atoms with Crippen LogP contribution in [-0.2, 0) is 9.53 Å². The zero-order chi connectivity index (χ0) is 18.4. The maximum atomic E-state index is 14.5. The molecule has 1 N–H and O–H groups in total. The predicted octanol–water partition coefficient (Wildman–Crippen LogP) is 3.04. The fourth-order valence-electron chi connectivity index (χ4n) is 3.12. The highest BCUT2D eigenvalue weighted by Gasteiger charge is 2.17. The Bertz CT molecular complexity index is 730. The van der Waals surface area contributed by atoms with Crippen molar-refractivity contribution in [3.63, 3.8) is 0 Å². The molecule has 0 aliphatic carbocycles. The van der Waals surface area contributed by atoms with Gasteiger partial charge in [-0.25, -0.2) is 4.39 Å². The maximum Gasteiger partial charge on any atom is 0.227 e. The first-order valence-electron chi connectivity index (χ1n) is 9.08. The molecule has 138 valence electrons. The van der Waals surface area contributed by atoms with Gasteiger partial charge in [-0.15, -0.1) is 0 Å². The third kappa shape index (κ3) is 4.68. The van der Waals surface area contributed by atoms with Crippen LogP contribution in [0.1, 0.15) is 18.4 Å². The lowest BCUT2D eigenvalue weighted by atomic mass is 9.96. The van der Waals surface area contributed by atoms with Crippen LogP contribution in [0.3, 0.4) is 0 Å². The van der Waals surface area contributed by atoms with Gasteiger partial charge in [0.05, 0.1) is 19.1 Å². The lowest BCUT2D eigenvalue weighted by molar-refractivity contribution is -0.122. The second-order valence-electron chi connectivity index (χ2n) is 6.57. The summed E-state index contributed by atoms with van der Waals surface area (Å²) in [5.74, 6) is -0.772. The first-order valence-corrected chi connectivity index (χ1v) is 9.08. The maximum absolute atomic E-state index is 14.5. The molecule has 0 radical (unpaired) electrons. The minimum absolute atomic E-state index is 0.0786. The monoisotopic (exact) mass is 356 g/mol. The summed E-state index contributed by atoms with van der Waals surface area (Å²) in [6, 6.07) is 14.5. The van der Waals surface area contributed by atoms with Crippen molar-refractivity contribution in [2.75, 3.05) is 39.4 Å². The quantitative estimate of drug-likeness (QED) is 0.865. The van der Waals surface area contributed by atoms with Gasteiger partial charge >= 0.3 is 0 Å². The average molecular weight is 356 g/mol. The predicted molar refractivity (Wildman–Crippen MR) is 101 cm³/mol. The van der Waals surface area contributed by atoms with E-state index in [0.29, 0.717) is 17.7 Å². The lowest BCUT2D eigenvalue weighted by Gasteiger charge is -2.26. The molecule has 0 saturated carbocycles. The number of ether oxygens (including phenoxy) is 1. The van der Waals surface area contributed by atoms with Crippen molar-refractivity contribution >= 4 is 5.91 Å². The highest BCUT2D eigenvalue weighted by Crippen LogP contribution is 2.26. The van der Waals surface area contributed by atoms with E-state index in [2.05, 4.69) is 10.2 Å². The van der Waals surface area contributed by atoms with Gasteiger partial charge < -0.3 is 10.1 Å². The highest BCUT2D eigenvalue weighted by molar-refractivity contribution is 5.83. The number of hydrogen-bond donors (Lipinski definition) is 1. The number of hydrogen-bond acceptors (Lipinski definition) is 3. The van der Waals surface area contributed by atoms with Crippen molar-refractivity contribution in [2.24, 2.45) is 0 Å². The van der Waals surface area contributed by atoms with E-state index in [9.17, 15) is 9.18 Å². The number of carbonyl (C=O) groups excluding carboxylic acids is 1. The van der Waals surface area contributed by atoms with Gasteiger partial charge in [0.25, 0.3) is 0 Å². The summed E-state index contributed by atoms with van der Waals surface area (Å²) in [6.45, 7) is 6.50. The number of amides is 1. The minimum atomic E-state index is -0.390. The molecule has 4 nitrogen and oxygen atoms in total. The zero-order valence-corrected chi connectivity index (χ0v) is 15.1. The smallest absolute Gasteiger partial charge is 0.227 e. The van der Waals surface area contributed by atoms with Crippen molar-refractivity contribution in [1.82, 2.24) is 10.2 Å². The Balaban J connectivity index is 1.57. The van der Waals surface area contributed by atoms with Gasteiger partial charge in [0, 0.05) is 31.7 Å². The molecule has 0 unspecified atom stereocenters. The molecule has 26 heavy (non-hydrogen) atoms. The Morgan fingerprint density at radius 1 is 1.19 bits per heavy atom. The molecule has 1 saturated heterocycles. The molecule has 0 aromatic heterocycles. The van der Waals surface area contributed by atoms with Crippen molar-refractivity contribution < 1.29 is 13.9 Å². The van der Waals surface area contributed by atoms with Crippen molar-refractivity contribution in [1.29, 1.82) is 0 Å². The Morgan fingerprint density at radius 3 is 2.62 bits per heavy atom. The van der Waals surface area contributed by atoms with E-state index in [0.717, 1.165) is 38.4 Å². The van der Waals surface area contributed by atoms with Gasteiger partial charge in [0.2, 0.25) is 5.91 Å². The van der Waals surface area contributed by atoms with E-state index < -0.39 is 0 Å². The second kappa shape index (κ2) is 8.92. The molecule has 1 aliphatic rings. The molecule has 0 bridgehead atoms. The number of nitrogens with zero attached hydrogens (tertiary/aromatic N) is 1. The number of benzene rings is 2. The molecule has 5 heteroatoms. The summed E-state index contributed by atoms with van der Waals surface area (Å²) in [5.41, 5.74) is 2.07. The molecule has 1 aliphatic heterocycles. The number of carbonyl (C=O) groups is 1. The number of morpholine rings is 1. The average Bonchev–Trinajstić information content (AvgIpc) is 2.68. The van der Waals surface area contributed by atoms with Crippen LogP contribution in [0.2, 0.25) is 0 Å². The molecule has 3 rings (SSSR count). The van der Waals surface area contributed by atoms with Crippen LogP contribution in [0.15, 0.2) is 48.5 Å².